The number of hydrogen-bond donors (Lipinski definition) is 2. The van der Waals surface area contributed by atoms with E-state index in [4.69, 9.17) is 0 Å². The number of carbonyl (C=O) groups excluding carboxylic acids is 1. The SMILES string of the molecule is CCN1CCCC1CN(Cc1cc2c(C)cc(C)cc2[nH]c1=O)C(=O)Nc1ccccc1F. The van der Waals surface area contributed by atoms with Gasteiger partial charge in [0.15, 0.2) is 0 Å². The Labute approximate surface area is 193 Å². The Morgan fingerprint density at radius 2 is 2.03 bits per heavy atom. The zero-order valence-electron chi connectivity index (χ0n) is 19.5. The molecule has 3 aromatic rings. The molecule has 33 heavy (non-hydrogen) atoms. The maximum absolute atomic E-state index is 14.2. The molecule has 174 valence electrons. The largest absolute Gasteiger partial charge is 0.322 e. The molecule has 1 unspecified atom stereocenters. The van der Waals surface area contributed by atoms with E-state index in [1.54, 1.807) is 17.0 Å². The number of halogens is 1. The van der Waals surface area contributed by atoms with Gasteiger partial charge in [-0.2, -0.15) is 0 Å². The van der Waals surface area contributed by atoms with Crippen molar-refractivity contribution in [1.29, 1.82) is 0 Å². The molecule has 1 fully saturated rings. The third-order valence-corrected chi connectivity index (χ3v) is 6.49. The number of pyridine rings is 1. The number of aryl methyl sites for hydroxylation is 2. The number of anilines is 1. The van der Waals surface area contributed by atoms with Crippen LogP contribution in [-0.4, -0.2) is 46.5 Å². The lowest BCUT2D eigenvalue weighted by Gasteiger charge is -2.30. The summed E-state index contributed by atoms with van der Waals surface area (Å²) >= 11 is 0. The van der Waals surface area contributed by atoms with Gasteiger partial charge >= 0.3 is 6.03 Å². The minimum atomic E-state index is -0.489. The van der Waals surface area contributed by atoms with Gasteiger partial charge < -0.3 is 15.2 Å². The Balaban J connectivity index is 1.65. The van der Waals surface area contributed by atoms with Crippen LogP contribution in [-0.2, 0) is 6.54 Å². The molecule has 2 aromatic carbocycles. The van der Waals surface area contributed by atoms with E-state index in [1.165, 1.54) is 12.1 Å². The van der Waals surface area contributed by atoms with E-state index in [1.807, 2.05) is 26.0 Å². The van der Waals surface area contributed by atoms with E-state index in [0.29, 0.717) is 12.1 Å². The fraction of sp³-hybridized carbons (Fsp3) is 0.385. The van der Waals surface area contributed by atoms with E-state index >= 15 is 0 Å². The van der Waals surface area contributed by atoms with Gasteiger partial charge in [0.2, 0.25) is 0 Å². The Bertz CT molecular complexity index is 1220. The van der Waals surface area contributed by atoms with E-state index in [9.17, 15) is 14.0 Å². The summed E-state index contributed by atoms with van der Waals surface area (Å²) in [4.78, 5) is 33.1. The number of rotatable bonds is 6. The Morgan fingerprint density at radius 1 is 1.24 bits per heavy atom. The lowest BCUT2D eigenvalue weighted by Crippen LogP contribution is -2.45. The van der Waals surface area contributed by atoms with Crippen LogP contribution in [0.3, 0.4) is 0 Å². The van der Waals surface area contributed by atoms with Gasteiger partial charge in [-0.25, -0.2) is 9.18 Å². The molecule has 1 aliphatic rings. The van der Waals surface area contributed by atoms with Crippen LogP contribution in [0, 0.1) is 19.7 Å². The Kier molecular flexibility index (Phi) is 6.79. The summed E-state index contributed by atoms with van der Waals surface area (Å²) in [6.07, 6.45) is 2.07. The average Bonchev–Trinajstić information content (AvgIpc) is 3.22. The first-order valence-corrected chi connectivity index (χ1v) is 11.5. The molecule has 2 amide bonds. The van der Waals surface area contributed by atoms with E-state index in [2.05, 4.69) is 28.2 Å². The summed E-state index contributed by atoms with van der Waals surface area (Å²) in [7, 11) is 0. The number of nitrogens with zero attached hydrogens (tertiary/aromatic N) is 2. The molecule has 1 atom stereocenters. The fourth-order valence-electron chi connectivity index (χ4n) is 4.79. The van der Waals surface area contributed by atoms with Crippen molar-refractivity contribution in [3.63, 3.8) is 0 Å². The van der Waals surface area contributed by atoms with Gasteiger partial charge in [0.25, 0.3) is 5.56 Å². The smallest absolute Gasteiger partial charge is 0.322 e. The molecule has 6 nitrogen and oxygen atoms in total. The summed E-state index contributed by atoms with van der Waals surface area (Å²) in [5.41, 5.74) is 3.36. The summed E-state index contributed by atoms with van der Waals surface area (Å²) in [6, 6.07) is 11.8. The van der Waals surface area contributed by atoms with Gasteiger partial charge in [0, 0.05) is 29.1 Å². The molecule has 2 heterocycles. The molecule has 1 saturated heterocycles. The van der Waals surface area contributed by atoms with Gasteiger partial charge in [-0.1, -0.05) is 25.1 Å². The number of aromatic nitrogens is 1. The van der Waals surface area contributed by atoms with Gasteiger partial charge in [-0.05, 0) is 75.2 Å². The summed E-state index contributed by atoms with van der Waals surface area (Å²) in [5, 5.41) is 3.65. The zero-order chi connectivity index (χ0) is 23.5. The highest BCUT2D eigenvalue weighted by Crippen LogP contribution is 2.22. The van der Waals surface area contributed by atoms with Crippen LogP contribution in [0.15, 0.2) is 47.3 Å². The molecule has 2 N–H and O–H groups in total. The highest BCUT2D eigenvalue weighted by atomic mass is 19.1. The topological polar surface area (TPSA) is 68.4 Å². The Morgan fingerprint density at radius 3 is 2.79 bits per heavy atom. The normalized spacial score (nSPS) is 16.3. The number of para-hydroxylation sites is 1. The highest BCUT2D eigenvalue weighted by molar-refractivity contribution is 5.89. The quantitative estimate of drug-likeness (QED) is 0.567. The van der Waals surface area contributed by atoms with Gasteiger partial charge in [-0.3, -0.25) is 9.69 Å². The highest BCUT2D eigenvalue weighted by Gasteiger charge is 2.28. The summed E-state index contributed by atoms with van der Waals surface area (Å²) in [5.74, 6) is -0.489. The Hall–Kier alpha value is -3.19. The molecule has 0 radical (unpaired) electrons. The summed E-state index contributed by atoms with van der Waals surface area (Å²) < 4.78 is 14.2. The van der Waals surface area contributed by atoms with E-state index < -0.39 is 11.8 Å². The predicted molar refractivity (Wildman–Crippen MR) is 130 cm³/mol. The molecule has 1 aromatic heterocycles. The van der Waals surface area contributed by atoms with E-state index in [0.717, 1.165) is 48.0 Å². The number of aromatic amines is 1. The number of nitrogens with one attached hydrogen (secondary N) is 2. The van der Waals surface area contributed by atoms with Crippen LogP contribution in [0.4, 0.5) is 14.9 Å². The number of urea groups is 1. The number of hydrogen-bond acceptors (Lipinski definition) is 3. The van der Waals surface area contributed by atoms with Crippen LogP contribution in [0.5, 0.6) is 0 Å². The van der Waals surface area contributed by atoms with Gasteiger partial charge in [0.1, 0.15) is 5.82 Å². The second-order valence-corrected chi connectivity index (χ2v) is 8.88. The van der Waals surface area contributed by atoms with Crippen molar-refractivity contribution in [2.75, 3.05) is 25.0 Å². The van der Waals surface area contributed by atoms with Crippen LogP contribution in [0.2, 0.25) is 0 Å². The van der Waals surface area contributed by atoms with Crippen LogP contribution in [0.25, 0.3) is 10.9 Å². The van der Waals surface area contributed by atoms with Gasteiger partial charge in [-0.15, -0.1) is 0 Å². The average molecular weight is 451 g/mol. The maximum atomic E-state index is 14.2. The number of H-pyrrole nitrogens is 1. The van der Waals surface area contributed by atoms with Crippen molar-refractivity contribution in [3.8, 4) is 0 Å². The van der Waals surface area contributed by atoms with Crippen molar-refractivity contribution in [2.45, 2.75) is 46.2 Å². The number of carbonyl (C=O) groups is 1. The number of fused-ring (bicyclic) bond motifs is 1. The number of benzene rings is 2. The predicted octanol–water partition coefficient (Wildman–Crippen LogP) is 4.80. The standard InChI is InChI=1S/C26H31FN4O2/c1-4-30-11-7-8-20(30)16-31(26(33)29-23-10-6-5-9-22(23)27)15-19-14-21-18(3)12-17(2)13-24(21)28-25(19)32/h5-6,9-10,12-14,20H,4,7-8,11,15-16H2,1-3H3,(H,28,32)(H,29,33). The van der Waals surface area contributed by atoms with Crippen molar-refractivity contribution in [3.05, 3.63) is 75.3 Å². The first kappa shape index (κ1) is 23.0. The fourth-order valence-corrected chi connectivity index (χ4v) is 4.79. The number of likely N-dealkylation sites (N-methyl/N-ethyl adjacent to an activating group) is 1. The third-order valence-electron chi connectivity index (χ3n) is 6.49. The molecule has 4 rings (SSSR count). The molecule has 0 saturated carbocycles. The van der Waals surface area contributed by atoms with Crippen molar-refractivity contribution < 1.29 is 9.18 Å². The van der Waals surface area contributed by atoms with Gasteiger partial charge in [0.05, 0.1) is 12.2 Å². The minimum absolute atomic E-state index is 0.130. The molecule has 0 aliphatic carbocycles. The van der Waals surface area contributed by atoms with Crippen LogP contribution in [0.1, 0.15) is 36.5 Å². The first-order valence-electron chi connectivity index (χ1n) is 11.5. The lowest BCUT2D eigenvalue weighted by molar-refractivity contribution is 0.174. The number of likely N-dealkylation sites (tertiary alicyclic amines) is 1. The maximum Gasteiger partial charge on any atom is 0.322 e. The second-order valence-electron chi connectivity index (χ2n) is 8.88. The van der Waals surface area contributed by atoms with Crippen LogP contribution < -0.4 is 10.9 Å². The molecule has 0 bridgehead atoms. The summed E-state index contributed by atoms with van der Waals surface area (Å²) in [6.45, 7) is 8.64. The first-order chi connectivity index (χ1) is 15.9. The molecule has 0 spiro atoms. The van der Waals surface area contributed by atoms with E-state index in [-0.39, 0.29) is 23.8 Å². The monoisotopic (exact) mass is 450 g/mol. The van der Waals surface area contributed by atoms with Crippen molar-refractivity contribution in [1.82, 2.24) is 14.8 Å². The third kappa shape index (κ3) is 5.09. The zero-order valence-corrected chi connectivity index (χ0v) is 19.5. The van der Waals surface area contributed by atoms with Crippen molar-refractivity contribution >= 4 is 22.6 Å². The second kappa shape index (κ2) is 9.75. The molecular weight excluding hydrogens is 419 g/mol. The molecule has 1 aliphatic heterocycles. The van der Waals surface area contributed by atoms with Crippen molar-refractivity contribution in [2.24, 2.45) is 0 Å². The lowest BCUT2D eigenvalue weighted by atomic mass is 10.0. The van der Waals surface area contributed by atoms with Crippen LogP contribution >= 0.6 is 0 Å². The number of amides is 2. The minimum Gasteiger partial charge on any atom is -0.322 e. The molecule has 7 heteroatoms. The molecular formula is C26H31FN4O2.